The number of hydrogen-bond acceptors (Lipinski definition) is 5. The lowest BCUT2D eigenvalue weighted by atomic mass is 9.94. The number of nitrogens with zero attached hydrogens (tertiary/aromatic N) is 2. The van der Waals surface area contributed by atoms with Crippen LogP contribution >= 0.6 is 23.4 Å². The van der Waals surface area contributed by atoms with Gasteiger partial charge in [-0.1, -0.05) is 62.3 Å². The van der Waals surface area contributed by atoms with Crippen molar-refractivity contribution in [2.24, 2.45) is 4.99 Å². The van der Waals surface area contributed by atoms with Crippen molar-refractivity contribution in [1.82, 2.24) is 4.90 Å². The van der Waals surface area contributed by atoms with Crippen LogP contribution in [0.4, 0.5) is 4.39 Å². The third-order valence-corrected chi connectivity index (χ3v) is 8.82. The Morgan fingerprint density at radius 3 is 2.51 bits per heavy atom. The summed E-state index contributed by atoms with van der Waals surface area (Å²) in [5.74, 6) is 0.603. The fourth-order valence-corrected chi connectivity index (χ4v) is 7.00. The van der Waals surface area contributed by atoms with Crippen LogP contribution in [0.25, 0.3) is 6.08 Å². The summed E-state index contributed by atoms with van der Waals surface area (Å²) < 4.78 is 25.4. The van der Waals surface area contributed by atoms with E-state index in [4.69, 9.17) is 26.1 Å². The number of rotatable bonds is 8. The minimum Gasteiger partial charge on any atom is -0.490 e. The number of halogens is 2. The summed E-state index contributed by atoms with van der Waals surface area (Å²) in [7, 11) is 0. The van der Waals surface area contributed by atoms with E-state index in [0.717, 1.165) is 49.3 Å². The summed E-state index contributed by atoms with van der Waals surface area (Å²) in [5, 5.41) is 1.23. The fraction of sp³-hybridized carbons (Fsp3) is 0.484. The molecule has 39 heavy (non-hydrogen) atoms. The number of aliphatic imine (C=N–C) groups is 1. The average Bonchev–Trinajstić information content (AvgIpc) is 3.23. The monoisotopic (exact) mass is 570 g/mol. The van der Waals surface area contributed by atoms with E-state index in [1.807, 2.05) is 24.0 Å². The lowest BCUT2D eigenvalue weighted by Crippen LogP contribution is -2.41. The summed E-state index contributed by atoms with van der Waals surface area (Å²) in [5.41, 5.74) is 1.46. The lowest BCUT2D eigenvalue weighted by molar-refractivity contribution is -0.124. The number of amidine groups is 1. The molecule has 0 atom stereocenters. The topological polar surface area (TPSA) is 51.1 Å². The van der Waals surface area contributed by atoms with Crippen molar-refractivity contribution in [1.29, 1.82) is 0 Å². The van der Waals surface area contributed by atoms with E-state index in [1.165, 1.54) is 49.6 Å². The van der Waals surface area contributed by atoms with Gasteiger partial charge in [0.05, 0.1) is 22.6 Å². The molecule has 0 spiro atoms. The van der Waals surface area contributed by atoms with Crippen molar-refractivity contribution in [2.45, 2.75) is 89.8 Å². The number of hydrogen-bond donors (Lipinski definition) is 0. The van der Waals surface area contributed by atoms with Crippen LogP contribution in [0.3, 0.4) is 0 Å². The Hall–Kier alpha value is -2.51. The molecule has 0 radical (unpaired) electrons. The van der Waals surface area contributed by atoms with Gasteiger partial charge in [-0.2, -0.15) is 0 Å². The van der Waals surface area contributed by atoms with E-state index < -0.39 is 0 Å². The van der Waals surface area contributed by atoms with E-state index in [0.29, 0.717) is 39.6 Å². The Kier molecular flexibility index (Phi) is 9.51. The number of thioether (sulfide) groups is 1. The van der Waals surface area contributed by atoms with E-state index in [2.05, 4.69) is 0 Å². The average molecular weight is 571 g/mol. The minimum absolute atomic E-state index is 0.0296. The van der Waals surface area contributed by atoms with Crippen LogP contribution in [0.2, 0.25) is 5.02 Å². The summed E-state index contributed by atoms with van der Waals surface area (Å²) >= 11 is 8.15. The second kappa shape index (κ2) is 13.2. The van der Waals surface area contributed by atoms with Crippen molar-refractivity contribution in [3.63, 3.8) is 0 Å². The van der Waals surface area contributed by atoms with Crippen LogP contribution in [0.5, 0.6) is 11.5 Å². The molecule has 2 aromatic rings. The molecule has 5 nitrogen and oxygen atoms in total. The van der Waals surface area contributed by atoms with Gasteiger partial charge in [0.2, 0.25) is 0 Å². The molecule has 3 fully saturated rings. The zero-order valence-corrected chi connectivity index (χ0v) is 24.0. The number of carbonyl (C=O) groups excluding carboxylic acids is 1. The first-order valence-corrected chi connectivity index (χ1v) is 15.4. The highest BCUT2D eigenvalue weighted by Crippen LogP contribution is 2.41. The predicted molar refractivity (Wildman–Crippen MR) is 157 cm³/mol. The third kappa shape index (κ3) is 6.98. The summed E-state index contributed by atoms with van der Waals surface area (Å²) in [6, 6.07) is 10.4. The molecule has 0 bridgehead atoms. The summed E-state index contributed by atoms with van der Waals surface area (Å²) in [6.07, 6.45) is 13.4. The molecular weight excluding hydrogens is 535 g/mol. The van der Waals surface area contributed by atoms with E-state index in [9.17, 15) is 9.18 Å². The maximum Gasteiger partial charge on any atom is 0.266 e. The van der Waals surface area contributed by atoms with Crippen molar-refractivity contribution >= 4 is 40.5 Å². The van der Waals surface area contributed by atoms with Crippen molar-refractivity contribution < 1.29 is 18.7 Å². The molecule has 1 amide bonds. The number of amides is 1. The summed E-state index contributed by atoms with van der Waals surface area (Å²) in [6.45, 7) is 2.47. The zero-order chi connectivity index (χ0) is 27.2. The first-order chi connectivity index (χ1) is 19.0. The largest absolute Gasteiger partial charge is 0.490 e. The molecule has 1 aliphatic heterocycles. The Labute approximate surface area is 239 Å². The zero-order valence-electron chi connectivity index (χ0n) is 22.5. The van der Waals surface area contributed by atoms with Crippen LogP contribution < -0.4 is 9.47 Å². The molecule has 0 aromatic heterocycles. The smallest absolute Gasteiger partial charge is 0.266 e. The minimum atomic E-state index is -0.318. The lowest BCUT2D eigenvalue weighted by Gasteiger charge is -2.31. The van der Waals surface area contributed by atoms with Crippen molar-refractivity contribution in [3.05, 3.63) is 63.3 Å². The molecule has 1 saturated heterocycles. The highest BCUT2D eigenvalue weighted by molar-refractivity contribution is 8.18. The molecule has 3 aliphatic rings. The van der Waals surface area contributed by atoms with Gasteiger partial charge in [0.25, 0.3) is 5.91 Å². The predicted octanol–water partition coefficient (Wildman–Crippen LogP) is 8.39. The molecule has 1 heterocycles. The Morgan fingerprint density at radius 2 is 1.79 bits per heavy atom. The maximum atomic E-state index is 13.7. The van der Waals surface area contributed by atoms with Gasteiger partial charge in [-0.15, -0.1) is 0 Å². The summed E-state index contributed by atoms with van der Waals surface area (Å²) in [4.78, 5) is 21.5. The van der Waals surface area contributed by atoms with Gasteiger partial charge >= 0.3 is 0 Å². The van der Waals surface area contributed by atoms with Gasteiger partial charge < -0.3 is 9.47 Å². The quantitative estimate of drug-likeness (QED) is 0.299. The van der Waals surface area contributed by atoms with Gasteiger partial charge in [-0.3, -0.25) is 14.7 Å². The molecule has 0 unspecified atom stereocenters. The normalized spacial score (nSPS) is 21.2. The molecule has 2 aliphatic carbocycles. The van der Waals surface area contributed by atoms with Crippen molar-refractivity contribution in [3.8, 4) is 11.5 Å². The van der Waals surface area contributed by atoms with E-state index >= 15 is 0 Å². The maximum absolute atomic E-state index is 13.7. The number of ether oxygens (including phenoxy) is 2. The van der Waals surface area contributed by atoms with Crippen LogP contribution in [0.1, 0.15) is 82.3 Å². The Balaban J connectivity index is 1.41. The molecule has 2 aromatic carbocycles. The molecule has 0 N–H and O–H groups in total. The Bertz CT molecular complexity index is 1240. The van der Waals surface area contributed by atoms with Crippen LogP contribution in [-0.4, -0.2) is 34.7 Å². The number of carbonyl (C=O) groups is 1. The standard InChI is InChI=1S/C31H36ClFN2O3S/c1-2-37-27-18-22(17-26(32)29(27)38-20-21-10-9-11-23(33)16-21)19-28-30(36)35(25-14-7-4-8-15-25)31(39-28)34-24-12-5-3-6-13-24/h9-11,16-19,24-25H,2-8,12-15,20H2,1H3. The first-order valence-electron chi connectivity index (χ1n) is 14.2. The highest BCUT2D eigenvalue weighted by Gasteiger charge is 2.39. The molecule has 208 valence electrons. The van der Waals surface area contributed by atoms with Gasteiger partial charge in [0, 0.05) is 6.04 Å². The fourth-order valence-electron chi connectivity index (χ4n) is 5.61. The van der Waals surface area contributed by atoms with Crippen LogP contribution in [0, 0.1) is 5.82 Å². The van der Waals surface area contributed by atoms with Crippen LogP contribution in [-0.2, 0) is 11.4 Å². The van der Waals surface area contributed by atoms with E-state index in [1.54, 1.807) is 18.2 Å². The molecule has 5 rings (SSSR count). The molecular formula is C31H36ClFN2O3S. The Morgan fingerprint density at radius 1 is 1.05 bits per heavy atom. The first kappa shape index (κ1) is 28.0. The van der Waals surface area contributed by atoms with Gasteiger partial charge in [0.15, 0.2) is 16.7 Å². The molecule has 8 heteroatoms. The van der Waals surface area contributed by atoms with Gasteiger partial charge in [0.1, 0.15) is 12.4 Å². The SMILES string of the molecule is CCOc1cc(C=C2SC(=NC3CCCCC3)N(C3CCCCC3)C2=O)cc(Cl)c1OCc1cccc(F)c1. The number of benzene rings is 2. The van der Waals surface area contributed by atoms with Crippen molar-refractivity contribution in [2.75, 3.05) is 6.61 Å². The van der Waals surface area contributed by atoms with Gasteiger partial charge in [-0.05, 0) is 85.8 Å². The van der Waals surface area contributed by atoms with Gasteiger partial charge in [-0.25, -0.2) is 4.39 Å². The second-order valence-corrected chi connectivity index (χ2v) is 11.9. The van der Waals surface area contributed by atoms with Crippen LogP contribution in [0.15, 0.2) is 46.3 Å². The second-order valence-electron chi connectivity index (χ2n) is 10.5. The highest BCUT2D eigenvalue weighted by atomic mass is 35.5. The third-order valence-electron chi connectivity index (χ3n) is 7.55. The van der Waals surface area contributed by atoms with E-state index in [-0.39, 0.29) is 24.4 Å². The molecule has 2 saturated carbocycles.